The summed E-state index contributed by atoms with van der Waals surface area (Å²) in [5, 5.41) is 7.88. The van der Waals surface area contributed by atoms with Crippen molar-refractivity contribution in [1.82, 2.24) is 0 Å². The molecule has 0 aromatic rings. The van der Waals surface area contributed by atoms with Crippen LogP contribution in [-0.4, -0.2) is 16.4 Å². The van der Waals surface area contributed by atoms with Crippen molar-refractivity contribution < 1.29 is 21.7 Å². The van der Waals surface area contributed by atoms with Crippen LogP contribution in [0.1, 0.15) is 0 Å². The fourth-order valence-corrected chi connectivity index (χ4v) is 0. The Balaban J connectivity index is -0.00000000667. The summed E-state index contributed by atoms with van der Waals surface area (Å²) in [7, 11) is 0. The quantitative estimate of drug-likeness (QED) is 0.176. The molecule has 0 rings (SSSR count). The number of hydrogen-bond donors (Lipinski definition) is 0. The second-order valence-electron chi connectivity index (χ2n) is 0.0680. The summed E-state index contributed by atoms with van der Waals surface area (Å²) in [5.41, 5.74) is 0. The average Bonchev–Trinajstić information content (AvgIpc) is 0.918. The maximum Gasteiger partial charge on any atom is 0.154 e. The third kappa shape index (κ3) is 32.9. The maximum absolute atomic E-state index is 7.88. The van der Waals surface area contributed by atoms with Gasteiger partial charge in [0.05, 0.1) is 0 Å². The summed E-state index contributed by atoms with van der Waals surface area (Å²) in [5.74, 6) is 0. The Bertz CT molecular complexity index is 7.51. The molecule has 6 heavy (non-hydrogen) atoms. The summed E-state index contributed by atoms with van der Waals surface area (Å²) < 4.78 is 1.75. The van der Waals surface area contributed by atoms with Crippen molar-refractivity contribution in [2.75, 3.05) is 0 Å². The zero-order chi connectivity index (χ0) is 2.71. The first-order valence-electron chi connectivity index (χ1n) is 0.333. The van der Waals surface area contributed by atoms with Gasteiger partial charge in [0.1, 0.15) is 0 Å². The van der Waals surface area contributed by atoms with E-state index in [4.69, 9.17) is 10.2 Å². The zero-order valence-corrected chi connectivity index (χ0v) is 2.72. The molecule has 0 aromatic carbocycles. The van der Waals surface area contributed by atoms with E-state index in [1.165, 1.54) is 0 Å². The van der Waals surface area contributed by atoms with Gasteiger partial charge in [0.15, 0.2) is 4.75 Å². The highest BCUT2D eigenvalue weighted by molar-refractivity contribution is 4.20. The second kappa shape index (κ2) is 587. The maximum atomic E-state index is 7.88. The van der Waals surface area contributed by atoms with E-state index < -0.39 is 0 Å². The molecule has 6 N–H and O–H groups in total. The SMILES string of the molecule is O.O.O.O=[O+][O-]. The van der Waals surface area contributed by atoms with Gasteiger partial charge in [0.2, 0.25) is 0 Å². The summed E-state index contributed by atoms with van der Waals surface area (Å²) in [4.78, 5) is 7.88. The molecule has 0 fully saturated rings. The van der Waals surface area contributed by atoms with E-state index in [1.807, 2.05) is 0 Å². The van der Waals surface area contributed by atoms with E-state index in [1.54, 1.807) is 4.75 Å². The molecule has 0 heterocycles. The van der Waals surface area contributed by atoms with Gasteiger partial charge < -0.3 is 16.4 Å². The molecule has 6 nitrogen and oxygen atoms in total. The molecule has 0 unspecified atom stereocenters. The van der Waals surface area contributed by atoms with Crippen LogP contribution in [0.3, 0.4) is 0 Å². The highest BCUT2D eigenvalue weighted by Crippen LogP contribution is 1.00. The topological polar surface area (TPSA) is 146 Å². The minimum absolute atomic E-state index is 0. The summed E-state index contributed by atoms with van der Waals surface area (Å²) in [6.07, 6.45) is 0. The molecule has 0 radical (unpaired) electrons. The van der Waals surface area contributed by atoms with Gasteiger partial charge >= 0.3 is 0 Å². The fourth-order valence-electron chi connectivity index (χ4n) is 0. The van der Waals surface area contributed by atoms with Gasteiger partial charge in [0.25, 0.3) is 0 Å². The van der Waals surface area contributed by atoms with E-state index in [-0.39, 0.29) is 16.4 Å². The van der Waals surface area contributed by atoms with Gasteiger partial charge in [-0.05, 0) is 0 Å². The lowest BCUT2D eigenvalue weighted by molar-refractivity contribution is -0.284. The average molecular weight is 102 g/mol. The van der Waals surface area contributed by atoms with Gasteiger partial charge in [-0.3, -0.25) is 0 Å². The first-order valence-corrected chi connectivity index (χ1v) is 0.333. The summed E-state index contributed by atoms with van der Waals surface area (Å²) in [6, 6.07) is 0. The molecule has 0 aromatic heterocycles. The number of hydrogen-bond acceptors (Lipinski definition) is 2. The van der Waals surface area contributed by atoms with E-state index in [0.717, 1.165) is 0 Å². The third-order valence-corrected chi connectivity index (χ3v) is 0. The predicted octanol–water partition coefficient (Wildman–Crippen LogP) is -3.60. The van der Waals surface area contributed by atoms with Crippen LogP contribution in [-0.2, 0) is 0 Å². The molecular formula is H6O6. The lowest BCUT2D eigenvalue weighted by Gasteiger charge is -1.19. The largest absolute Gasteiger partial charge is 0.412 e. The smallest absolute Gasteiger partial charge is 0.154 e. The predicted molar refractivity (Wildman–Crippen MR) is 17.6 cm³/mol. The molecule has 0 aliphatic heterocycles. The molecule has 0 saturated heterocycles. The van der Waals surface area contributed by atoms with Crippen molar-refractivity contribution in [3.05, 3.63) is 9.71 Å². The normalized spacial score (nSPS) is 2.00. The van der Waals surface area contributed by atoms with Crippen molar-refractivity contribution in [2.45, 2.75) is 0 Å². The molecule has 0 aliphatic carbocycles. The Morgan fingerprint density at radius 3 is 1.17 bits per heavy atom. The van der Waals surface area contributed by atoms with E-state index >= 15 is 0 Å². The van der Waals surface area contributed by atoms with Crippen molar-refractivity contribution in [3.8, 4) is 0 Å². The van der Waals surface area contributed by atoms with Crippen LogP contribution in [0.5, 0.6) is 0 Å². The van der Waals surface area contributed by atoms with Gasteiger partial charge in [-0.2, -0.15) is 0 Å². The van der Waals surface area contributed by atoms with Crippen molar-refractivity contribution >= 4 is 0 Å². The minimum Gasteiger partial charge on any atom is -0.412 e. The molecule has 0 atom stereocenters. The van der Waals surface area contributed by atoms with Gasteiger partial charge in [-0.1, -0.05) is 10.2 Å². The molecule has 0 saturated carbocycles. The van der Waals surface area contributed by atoms with Crippen LogP contribution in [0.4, 0.5) is 0 Å². The van der Waals surface area contributed by atoms with Crippen LogP contribution < -0.4 is 5.26 Å². The zero-order valence-electron chi connectivity index (χ0n) is 2.72. The lowest BCUT2D eigenvalue weighted by atomic mass is 14.8. The van der Waals surface area contributed by atoms with Gasteiger partial charge in [-0.15, -0.1) is 0 Å². The van der Waals surface area contributed by atoms with Crippen LogP contribution in [0.15, 0.2) is 0 Å². The molecule has 0 amide bonds. The minimum atomic E-state index is 0. The Kier molecular flexibility index (Phi) is 5780. The number of rotatable bonds is 0. The Hall–Kier alpha value is -0.720. The first-order chi connectivity index (χ1) is 1.41. The van der Waals surface area contributed by atoms with Gasteiger partial charge in [-0.25, -0.2) is 0 Å². The van der Waals surface area contributed by atoms with E-state index in [0.29, 0.717) is 0 Å². The molecule has 6 heteroatoms. The monoisotopic (exact) mass is 102 g/mol. The van der Waals surface area contributed by atoms with Crippen LogP contribution >= 0.6 is 0 Å². The molecular weight excluding hydrogens is 96.0 g/mol. The van der Waals surface area contributed by atoms with Crippen molar-refractivity contribution in [3.63, 3.8) is 0 Å². The summed E-state index contributed by atoms with van der Waals surface area (Å²) >= 11 is 0. The fraction of sp³-hybridized carbons (Fsp3) is 0. The summed E-state index contributed by atoms with van der Waals surface area (Å²) in [6.45, 7) is 0. The van der Waals surface area contributed by atoms with Gasteiger partial charge in [0, 0.05) is 0 Å². The van der Waals surface area contributed by atoms with Crippen LogP contribution in [0, 0.1) is 9.71 Å². The first kappa shape index (κ1) is 59.0. The standard InChI is InChI=1S/O3.3H2O/c1-3-2;;;/h;3*1H2. The second-order valence-corrected chi connectivity index (χ2v) is 0.0680. The Morgan fingerprint density at radius 2 is 1.17 bits per heavy atom. The lowest BCUT2D eigenvalue weighted by Crippen LogP contribution is -1.82. The van der Waals surface area contributed by atoms with Crippen molar-refractivity contribution in [1.29, 1.82) is 0 Å². The van der Waals surface area contributed by atoms with E-state index in [9.17, 15) is 0 Å². The van der Waals surface area contributed by atoms with E-state index in [2.05, 4.69) is 0 Å². The third-order valence-electron chi connectivity index (χ3n) is 0. The molecule has 0 spiro atoms. The molecule has 42 valence electrons. The van der Waals surface area contributed by atoms with Crippen LogP contribution in [0.25, 0.3) is 0 Å². The highest BCUT2D eigenvalue weighted by atomic mass is 17.2. The highest BCUT2D eigenvalue weighted by Gasteiger charge is 1.27. The Labute approximate surface area is 32.8 Å². The molecule has 0 bridgehead atoms. The molecule has 0 aliphatic rings. The Morgan fingerprint density at radius 1 is 1.17 bits per heavy atom. The van der Waals surface area contributed by atoms with Crippen LogP contribution in [0.2, 0.25) is 0 Å². The van der Waals surface area contributed by atoms with Crippen molar-refractivity contribution in [2.24, 2.45) is 0 Å².